The summed E-state index contributed by atoms with van der Waals surface area (Å²) in [5.41, 5.74) is -0.884. The molecular weight excluding hydrogens is 1150 g/mol. The van der Waals surface area contributed by atoms with Crippen LogP contribution in [-0.4, -0.2) is 95.4 Å². The van der Waals surface area contributed by atoms with Crippen LogP contribution >= 0.6 is 36.0 Å². The maximum absolute atomic E-state index is 13.1. The number of nitrogens with zero attached hydrogens (tertiary/aromatic N) is 7. The molecule has 76 heavy (non-hydrogen) atoms. The number of phenolic OH excluding ortho intramolecular Hbond substituents is 2. The molecule has 7 aromatic rings. The smallest absolute Gasteiger partial charge is 0.296 e. The number of aryl methyl sites for hydroxylation is 3. The van der Waals surface area contributed by atoms with Crippen molar-refractivity contribution in [2.24, 2.45) is 20.5 Å². The summed E-state index contributed by atoms with van der Waals surface area (Å²) in [5.74, 6) is -2.87. The lowest BCUT2D eigenvalue weighted by molar-refractivity contribution is -0.434. The molecule has 0 amide bonds. The number of sulfone groups is 1. The van der Waals surface area contributed by atoms with Crippen molar-refractivity contribution in [3.63, 3.8) is 0 Å². The largest absolute Gasteiger partial charge is 0.505 e. The SMILES string of the molecule is Cc1ccc(N=Nc2c(S(=O)(=O)O)cc3ccc(Nc4nc(Cl)nc(Nc5cc(S(=O)(=O)O)cc6cc(SOOO)c(N=Nc7cc(C)c(S(=O)(=O)CCOSOOO)cc7C)c(O)c56)n4)cc3c2O)c(S(=O)(=O)O)c1. The molecule has 1 aromatic heterocycles. The number of hydrogen-bond acceptors (Lipinski definition) is 28. The second-order valence-corrected chi connectivity index (χ2v) is 23.3. The van der Waals surface area contributed by atoms with Crippen LogP contribution in [0.15, 0.2) is 118 Å². The predicted molar refractivity (Wildman–Crippen MR) is 269 cm³/mol. The van der Waals surface area contributed by atoms with E-state index in [2.05, 4.69) is 64.8 Å². The molecule has 1 heterocycles. The standard InChI is InChI=1S/C40H34ClN9O20S6/c1-18-4-7-26(31(10-18)75(60,61)62)47-50-35-32(76(63,64)65)15-21-5-6-23(16-25(21)36(35)51)42-39-44-38(41)45-40(46-39)43-28-17-24(74(57,58)59)13-22-14-29(71-69-67-53)34(37(52)33(22)28)49-48-27-11-20(3)30(12-19(27)2)73(55,56)9-8-66-72-70-68-54/h4-7,10-17,51-54H,8-9H2,1-3H3,(H,57,58,59)(H,60,61,62)(H,63,64,65)(H2,42,43,44,45,46). The Kier molecular flexibility index (Phi) is 17.4. The zero-order chi connectivity index (χ0) is 55.5. The number of azo groups is 2. The van der Waals surface area contributed by atoms with Gasteiger partial charge in [0, 0.05) is 16.5 Å². The summed E-state index contributed by atoms with van der Waals surface area (Å²) in [7, 11) is -18.9. The van der Waals surface area contributed by atoms with E-state index in [9.17, 15) is 57.5 Å². The molecule has 6 aromatic carbocycles. The van der Waals surface area contributed by atoms with E-state index in [0.29, 0.717) is 5.56 Å². The summed E-state index contributed by atoms with van der Waals surface area (Å²) < 4.78 is 144. The van der Waals surface area contributed by atoms with Crippen LogP contribution in [-0.2, 0) is 63.1 Å². The maximum Gasteiger partial charge on any atom is 0.296 e. The van der Waals surface area contributed by atoms with Crippen LogP contribution < -0.4 is 10.6 Å². The highest BCUT2D eigenvalue weighted by molar-refractivity contribution is 7.94. The predicted octanol–water partition coefficient (Wildman–Crippen LogP) is 9.43. The number of benzene rings is 6. The third kappa shape index (κ3) is 13.4. The summed E-state index contributed by atoms with van der Waals surface area (Å²) in [6.45, 7) is 4.16. The third-order valence-corrected chi connectivity index (χ3v) is 15.9. The van der Waals surface area contributed by atoms with E-state index in [-0.39, 0.29) is 96.4 Å². The average molecular weight is 1190 g/mol. The number of nitrogens with one attached hydrogen (secondary N) is 2. The molecule has 7 rings (SSSR count). The molecule has 0 aliphatic carbocycles. The Hall–Kier alpha value is -6.36. The Morgan fingerprint density at radius 1 is 0.632 bits per heavy atom. The van der Waals surface area contributed by atoms with E-state index in [1.165, 1.54) is 63.2 Å². The zero-order valence-electron chi connectivity index (χ0n) is 38.2. The molecule has 0 aliphatic rings. The van der Waals surface area contributed by atoms with E-state index in [4.69, 9.17) is 26.3 Å². The highest BCUT2D eigenvalue weighted by atomic mass is 35.5. The first-order chi connectivity index (χ1) is 35.7. The van der Waals surface area contributed by atoms with Gasteiger partial charge >= 0.3 is 0 Å². The summed E-state index contributed by atoms with van der Waals surface area (Å²) in [4.78, 5) is 9.73. The average Bonchev–Trinajstić information content (AvgIpc) is 3.32. The fourth-order valence-corrected chi connectivity index (χ4v) is 11.3. The van der Waals surface area contributed by atoms with E-state index in [0.717, 1.165) is 30.3 Å². The first-order valence-corrected chi connectivity index (χ1v) is 28.1. The highest BCUT2D eigenvalue weighted by Crippen LogP contribution is 2.48. The molecule has 402 valence electrons. The molecule has 0 saturated carbocycles. The van der Waals surface area contributed by atoms with Gasteiger partial charge in [-0.15, -0.1) is 24.0 Å². The summed E-state index contributed by atoms with van der Waals surface area (Å²) in [6.07, 6.45) is 0. The Labute approximate surface area is 442 Å². The second-order valence-electron chi connectivity index (χ2n) is 15.4. The number of halogens is 1. The number of fused-ring (bicyclic) bond motifs is 2. The Balaban J connectivity index is 1.27. The van der Waals surface area contributed by atoms with Crippen LogP contribution in [0.4, 0.5) is 46.0 Å². The zero-order valence-corrected chi connectivity index (χ0v) is 43.9. The minimum atomic E-state index is -5.12. The maximum atomic E-state index is 13.1. The van der Waals surface area contributed by atoms with Crippen molar-refractivity contribution in [3.8, 4) is 11.5 Å². The number of aromatic nitrogens is 3. The fraction of sp³-hybridized carbons (Fsp3) is 0.125. The van der Waals surface area contributed by atoms with Gasteiger partial charge in [-0.3, -0.25) is 17.8 Å². The Morgan fingerprint density at radius 3 is 1.97 bits per heavy atom. The second kappa shape index (κ2) is 23.1. The lowest BCUT2D eigenvalue weighted by Gasteiger charge is -2.15. The van der Waals surface area contributed by atoms with Gasteiger partial charge in [-0.2, -0.15) is 45.3 Å². The van der Waals surface area contributed by atoms with Gasteiger partial charge in [-0.25, -0.2) is 18.9 Å². The van der Waals surface area contributed by atoms with Crippen molar-refractivity contribution in [3.05, 3.63) is 94.8 Å². The van der Waals surface area contributed by atoms with E-state index in [1.807, 2.05) is 0 Å². The number of phenols is 2. The molecule has 0 radical (unpaired) electrons. The molecule has 0 saturated heterocycles. The fourth-order valence-electron chi connectivity index (χ4n) is 7.00. The van der Waals surface area contributed by atoms with E-state index < -0.39 is 100 Å². The quantitative estimate of drug-likeness (QED) is 0.00807. The molecule has 0 aliphatic heterocycles. The van der Waals surface area contributed by atoms with Crippen molar-refractivity contribution in [1.82, 2.24) is 15.0 Å². The molecular formula is C40H34ClN9O20S6. The van der Waals surface area contributed by atoms with Crippen molar-refractivity contribution >= 4 is 144 Å². The van der Waals surface area contributed by atoms with Crippen LogP contribution in [0.2, 0.25) is 5.28 Å². The third-order valence-electron chi connectivity index (χ3n) is 10.3. The molecule has 0 bridgehead atoms. The first-order valence-electron chi connectivity index (χ1n) is 20.4. The van der Waals surface area contributed by atoms with Gasteiger partial charge in [-0.05, 0) is 120 Å². The van der Waals surface area contributed by atoms with Gasteiger partial charge in [0.15, 0.2) is 33.7 Å². The van der Waals surface area contributed by atoms with E-state index >= 15 is 0 Å². The number of rotatable bonds is 21. The van der Waals surface area contributed by atoms with Gasteiger partial charge in [0.2, 0.25) is 17.2 Å². The molecule has 0 unspecified atom stereocenters. The lowest BCUT2D eigenvalue weighted by Crippen LogP contribution is -2.12. The van der Waals surface area contributed by atoms with Crippen LogP contribution in [0.5, 0.6) is 11.5 Å². The normalized spacial score (nSPS) is 12.6. The first kappa shape index (κ1) is 57.3. The van der Waals surface area contributed by atoms with Crippen LogP contribution in [0, 0.1) is 20.8 Å². The van der Waals surface area contributed by atoms with Crippen molar-refractivity contribution in [2.45, 2.75) is 45.2 Å². The van der Waals surface area contributed by atoms with Crippen molar-refractivity contribution < 1.29 is 91.0 Å². The van der Waals surface area contributed by atoms with Crippen LogP contribution in [0.1, 0.15) is 16.7 Å². The highest BCUT2D eigenvalue weighted by Gasteiger charge is 2.26. The molecule has 0 fully saturated rings. The lowest BCUT2D eigenvalue weighted by atomic mass is 10.1. The monoisotopic (exact) mass is 1190 g/mol. The number of aromatic hydroxyl groups is 2. The van der Waals surface area contributed by atoms with Crippen LogP contribution in [0.3, 0.4) is 0 Å². The van der Waals surface area contributed by atoms with Gasteiger partial charge < -0.3 is 20.8 Å². The van der Waals surface area contributed by atoms with Gasteiger partial charge in [-0.1, -0.05) is 22.2 Å². The van der Waals surface area contributed by atoms with Gasteiger partial charge in [0.1, 0.15) is 26.9 Å². The minimum absolute atomic E-state index is 0.0241. The summed E-state index contributed by atoms with van der Waals surface area (Å²) in [6, 6.07) is 14.2. The van der Waals surface area contributed by atoms with Crippen molar-refractivity contribution in [1.29, 1.82) is 0 Å². The Morgan fingerprint density at radius 2 is 1.30 bits per heavy atom. The molecule has 9 N–H and O–H groups in total. The minimum Gasteiger partial charge on any atom is -0.505 e. The van der Waals surface area contributed by atoms with Crippen LogP contribution in [0.25, 0.3) is 21.5 Å². The summed E-state index contributed by atoms with van der Waals surface area (Å²) >= 11 is 6.78. The summed E-state index contributed by atoms with van der Waals surface area (Å²) in [5, 5.41) is 68.1. The molecule has 0 atom stereocenters. The number of hydrogen-bond donors (Lipinski definition) is 9. The van der Waals surface area contributed by atoms with Crippen molar-refractivity contribution in [2.75, 3.05) is 23.0 Å². The van der Waals surface area contributed by atoms with Gasteiger partial charge in [0.05, 0.1) is 50.5 Å². The molecule has 0 spiro atoms. The molecule has 29 nitrogen and oxygen atoms in total. The molecule has 36 heteroatoms. The number of anilines is 4. The topological polar surface area (TPSA) is 436 Å². The Bertz CT molecular complexity index is 3990. The van der Waals surface area contributed by atoms with E-state index in [1.54, 1.807) is 0 Å². The van der Waals surface area contributed by atoms with Gasteiger partial charge in [0.25, 0.3) is 30.4 Å².